The molecule has 16 heavy (non-hydrogen) atoms. The van der Waals surface area contributed by atoms with Crippen LogP contribution in [0.15, 0.2) is 6.07 Å². The van der Waals surface area contributed by atoms with Gasteiger partial charge < -0.3 is 16.2 Å². The number of aromatic nitrogens is 1. The Bertz CT molecular complexity index is 410. The number of carbonyl (C=O) groups excluding carboxylic acids is 1. The molecule has 0 atom stereocenters. The van der Waals surface area contributed by atoms with E-state index in [9.17, 15) is 13.6 Å². The van der Waals surface area contributed by atoms with Gasteiger partial charge in [0.1, 0.15) is 11.3 Å². The first-order chi connectivity index (χ1) is 7.51. The van der Waals surface area contributed by atoms with E-state index in [4.69, 9.17) is 11.5 Å². The van der Waals surface area contributed by atoms with Crippen LogP contribution < -0.4 is 11.5 Å². The molecule has 88 valence electrons. The molecular formula is C9H11F2N3O2. The number of nitrogen functional groups attached to an aromatic ring is 1. The summed E-state index contributed by atoms with van der Waals surface area (Å²) in [5.41, 5.74) is 9.72. The molecule has 0 saturated heterocycles. The second kappa shape index (κ2) is 4.84. The Hall–Kier alpha value is -1.76. The number of hydrogen-bond donors (Lipinski definition) is 2. The van der Waals surface area contributed by atoms with Gasteiger partial charge in [-0.15, -0.1) is 0 Å². The minimum atomic E-state index is -2.91. The summed E-state index contributed by atoms with van der Waals surface area (Å²) in [6, 6.07) is 1.28. The summed E-state index contributed by atoms with van der Waals surface area (Å²) in [6.07, 6.45) is -2.91. The first-order valence-corrected chi connectivity index (χ1v) is 4.37. The van der Waals surface area contributed by atoms with Crippen LogP contribution in [0.1, 0.15) is 28.2 Å². The summed E-state index contributed by atoms with van der Waals surface area (Å²) < 4.78 is 29.7. The minimum absolute atomic E-state index is 0.0363. The largest absolute Gasteiger partial charge is 0.465 e. The Morgan fingerprint density at radius 2 is 2.25 bits per heavy atom. The first kappa shape index (κ1) is 12.3. The first-order valence-electron chi connectivity index (χ1n) is 4.37. The summed E-state index contributed by atoms with van der Waals surface area (Å²) in [4.78, 5) is 14.8. The molecule has 1 aromatic rings. The number of nitrogens with two attached hydrogens (primary N) is 2. The fourth-order valence-electron chi connectivity index (χ4n) is 1.23. The molecule has 0 aromatic carbocycles. The molecule has 0 amide bonds. The van der Waals surface area contributed by atoms with E-state index in [1.807, 2.05) is 0 Å². The van der Waals surface area contributed by atoms with E-state index in [0.29, 0.717) is 0 Å². The number of anilines is 1. The number of hydrogen-bond acceptors (Lipinski definition) is 5. The number of esters is 1. The summed E-state index contributed by atoms with van der Waals surface area (Å²) in [6.45, 7) is -0.0363. The summed E-state index contributed by atoms with van der Waals surface area (Å²) >= 11 is 0. The normalized spacial score (nSPS) is 10.6. The Morgan fingerprint density at radius 3 is 2.69 bits per heavy atom. The standard InChI is InChI=1S/C9H11F2N3O2/c1-16-9(15)6-5(13)2-4(3-12)14-7(6)8(10)11/h2,8H,3,12H2,1H3,(H2,13,14). The third-order valence-corrected chi connectivity index (χ3v) is 1.94. The van der Waals surface area contributed by atoms with Gasteiger partial charge in [-0.2, -0.15) is 0 Å². The van der Waals surface area contributed by atoms with Crippen LogP contribution in [0, 0.1) is 0 Å². The zero-order valence-corrected chi connectivity index (χ0v) is 8.54. The van der Waals surface area contributed by atoms with Gasteiger partial charge >= 0.3 is 5.97 Å². The number of rotatable bonds is 3. The second-order valence-corrected chi connectivity index (χ2v) is 2.96. The monoisotopic (exact) mass is 231 g/mol. The number of alkyl halides is 2. The molecule has 1 aromatic heterocycles. The van der Waals surface area contributed by atoms with Gasteiger partial charge in [-0.1, -0.05) is 0 Å². The van der Waals surface area contributed by atoms with Gasteiger partial charge in [-0.05, 0) is 6.07 Å². The van der Waals surface area contributed by atoms with Crippen LogP contribution in [0.4, 0.5) is 14.5 Å². The maximum atomic E-state index is 12.7. The van der Waals surface area contributed by atoms with Crippen LogP contribution in [-0.4, -0.2) is 18.1 Å². The molecule has 4 N–H and O–H groups in total. The van der Waals surface area contributed by atoms with Gasteiger partial charge in [0, 0.05) is 6.54 Å². The number of pyridine rings is 1. The zero-order valence-electron chi connectivity index (χ0n) is 8.54. The molecule has 0 aliphatic rings. The van der Waals surface area contributed by atoms with Crippen molar-refractivity contribution in [2.45, 2.75) is 13.0 Å². The molecule has 0 bridgehead atoms. The summed E-state index contributed by atoms with van der Waals surface area (Å²) in [5, 5.41) is 0. The highest BCUT2D eigenvalue weighted by Crippen LogP contribution is 2.26. The van der Waals surface area contributed by atoms with Crippen molar-refractivity contribution < 1.29 is 18.3 Å². The molecule has 1 heterocycles. The Labute approximate surface area is 90.4 Å². The van der Waals surface area contributed by atoms with Crippen LogP contribution >= 0.6 is 0 Å². The van der Waals surface area contributed by atoms with Crippen molar-refractivity contribution in [2.75, 3.05) is 12.8 Å². The van der Waals surface area contributed by atoms with Crippen LogP contribution in [0.3, 0.4) is 0 Å². The van der Waals surface area contributed by atoms with Crippen molar-refractivity contribution in [3.8, 4) is 0 Å². The zero-order chi connectivity index (χ0) is 12.3. The Morgan fingerprint density at radius 1 is 1.62 bits per heavy atom. The molecule has 5 nitrogen and oxygen atoms in total. The van der Waals surface area contributed by atoms with E-state index in [1.165, 1.54) is 6.07 Å². The third-order valence-electron chi connectivity index (χ3n) is 1.94. The van der Waals surface area contributed by atoms with E-state index >= 15 is 0 Å². The van der Waals surface area contributed by atoms with Gasteiger partial charge in [0.15, 0.2) is 0 Å². The molecule has 0 aliphatic heterocycles. The minimum Gasteiger partial charge on any atom is -0.465 e. The molecule has 0 spiro atoms. The second-order valence-electron chi connectivity index (χ2n) is 2.96. The van der Waals surface area contributed by atoms with E-state index in [1.54, 1.807) is 0 Å². The van der Waals surface area contributed by atoms with E-state index in [2.05, 4.69) is 9.72 Å². The van der Waals surface area contributed by atoms with Crippen molar-refractivity contribution in [3.63, 3.8) is 0 Å². The van der Waals surface area contributed by atoms with Crippen molar-refractivity contribution in [1.29, 1.82) is 0 Å². The fraction of sp³-hybridized carbons (Fsp3) is 0.333. The average Bonchev–Trinajstić information content (AvgIpc) is 2.26. The van der Waals surface area contributed by atoms with E-state index in [-0.39, 0.29) is 17.9 Å². The van der Waals surface area contributed by atoms with Gasteiger partial charge in [0.2, 0.25) is 0 Å². The van der Waals surface area contributed by atoms with Gasteiger partial charge in [-0.3, -0.25) is 0 Å². The van der Waals surface area contributed by atoms with Gasteiger partial charge in [-0.25, -0.2) is 18.6 Å². The molecule has 1 rings (SSSR count). The predicted molar refractivity (Wildman–Crippen MR) is 52.8 cm³/mol. The van der Waals surface area contributed by atoms with Crippen molar-refractivity contribution in [2.24, 2.45) is 5.73 Å². The molecule has 0 fully saturated rings. The lowest BCUT2D eigenvalue weighted by molar-refractivity contribution is 0.0588. The Balaban J connectivity index is 3.39. The maximum absolute atomic E-state index is 12.7. The predicted octanol–water partition coefficient (Wildman–Crippen LogP) is 0.847. The molecule has 0 unspecified atom stereocenters. The van der Waals surface area contributed by atoms with Crippen LogP contribution in [0.5, 0.6) is 0 Å². The number of methoxy groups -OCH3 is 1. The van der Waals surface area contributed by atoms with Crippen molar-refractivity contribution in [3.05, 3.63) is 23.0 Å². The Kier molecular flexibility index (Phi) is 3.73. The van der Waals surface area contributed by atoms with Gasteiger partial charge in [0.25, 0.3) is 6.43 Å². The lowest BCUT2D eigenvalue weighted by Crippen LogP contribution is -2.14. The molecule has 0 saturated carbocycles. The van der Waals surface area contributed by atoms with Crippen molar-refractivity contribution >= 4 is 11.7 Å². The van der Waals surface area contributed by atoms with Crippen LogP contribution in [-0.2, 0) is 11.3 Å². The lowest BCUT2D eigenvalue weighted by Gasteiger charge is -2.10. The molecule has 0 radical (unpaired) electrons. The molecule has 0 aliphatic carbocycles. The molecule has 7 heteroatoms. The number of halogens is 2. The van der Waals surface area contributed by atoms with Crippen molar-refractivity contribution in [1.82, 2.24) is 4.98 Å². The smallest absolute Gasteiger partial charge is 0.342 e. The van der Waals surface area contributed by atoms with E-state index in [0.717, 1.165) is 7.11 Å². The topological polar surface area (TPSA) is 91.2 Å². The third kappa shape index (κ3) is 2.25. The summed E-state index contributed by atoms with van der Waals surface area (Å²) in [7, 11) is 1.08. The number of carbonyl (C=O) groups is 1. The SMILES string of the molecule is COC(=O)c1c(N)cc(CN)nc1C(F)F. The lowest BCUT2D eigenvalue weighted by atomic mass is 10.1. The highest BCUT2D eigenvalue weighted by molar-refractivity contribution is 5.96. The average molecular weight is 231 g/mol. The van der Waals surface area contributed by atoms with Gasteiger partial charge in [0.05, 0.1) is 18.5 Å². The highest BCUT2D eigenvalue weighted by Gasteiger charge is 2.24. The maximum Gasteiger partial charge on any atom is 0.342 e. The van der Waals surface area contributed by atoms with Crippen LogP contribution in [0.25, 0.3) is 0 Å². The molecular weight excluding hydrogens is 220 g/mol. The number of ether oxygens (including phenoxy) is 1. The van der Waals surface area contributed by atoms with E-state index < -0.39 is 23.7 Å². The number of nitrogens with zero attached hydrogens (tertiary/aromatic N) is 1. The summed E-state index contributed by atoms with van der Waals surface area (Å²) in [5.74, 6) is -0.941. The van der Waals surface area contributed by atoms with Crippen LogP contribution in [0.2, 0.25) is 0 Å². The quantitative estimate of drug-likeness (QED) is 0.752. The fourth-order valence-corrected chi connectivity index (χ4v) is 1.23. The highest BCUT2D eigenvalue weighted by atomic mass is 19.3.